The monoisotopic (exact) mass is 484 g/mol. The summed E-state index contributed by atoms with van der Waals surface area (Å²) < 4.78 is 10.8. The van der Waals surface area contributed by atoms with Gasteiger partial charge in [0.15, 0.2) is 0 Å². The Morgan fingerprint density at radius 1 is 1.12 bits per heavy atom. The first-order chi connectivity index (χ1) is 16.5. The number of amides is 2. The number of methoxy groups -OCH3 is 1. The summed E-state index contributed by atoms with van der Waals surface area (Å²) in [6, 6.07) is 15.4. The number of carboxylic acids is 1. The van der Waals surface area contributed by atoms with Gasteiger partial charge in [0.1, 0.15) is 18.8 Å². The molecule has 0 saturated carbocycles. The topological polar surface area (TPSA) is 105 Å². The summed E-state index contributed by atoms with van der Waals surface area (Å²) in [7, 11) is 1.41. The van der Waals surface area contributed by atoms with Crippen molar-refractivity contribution in [3.05, 3.63) is 59.7 Å². The zero-order valence-corrected chi connectivity index (χ0v) is 19.8. The van der Waals surface area contributed by atoms with Gasteiger partial charge in [0.2, 0.25) is 0 Å². The molecule has 0 bridgehead atoms. The van der Waals surface area contributed by atoms with Crippen LogP contribution in [0.25, 0.3) is 11.1 Å². The number of hydrogen-bond donors (Lipinski definition) is 2. The number of fused-ring (bicyclic) bond motifs is 3. The molecule has 34 heavy (non-hydrogen) atoms. The molecule has 8 nitrogen and oxygen atoms in total. The van der Waals surface area contributed by atoms with Crippen LogP contribution in [0.15, 0.2) is 48.5 Å². The van der Waals surface area contributed by atoms with E-state index in [9.17, 15) is 19.5 Å². The third-order valence-electron chi connectivity index (χ3n) is 6.28. The number of nitrogens with zero attached hydrogens (tertiary/aromatic N) is 1. The number of ether oxygens (including phenoxy) is 2. The van der Waals surface area contributed by atoms with E-state index in [2.05, 4.69) is 29.6 Å². The fourth-order valence-electron chi connectivity index (χ4n) is 4.55. The number of thioether (sulfide) groups is 1. The smallest absolute Gasteiger partial charge is 0.407 e. The molecule has 2 amide bonds. The maximum absolute atomic E-state index is 12.8. The van der Waals surface area contributed by atoms with Crippen molar-refractivity contribution in [2.45, 2.75) is 24.5 Å². The highest BCUT2D eigenvalue weighted by Gasteiger charge is 2.36. The van der Waals surface area contributed by atoms with Crippen LogP contribution in [-0.2, 0) is 19.1 Å². The molecule has 1 heterocycles. The van der Waals surface area contributed by atoms with Crippen LogP contribution in [0.2, 0.25) is 0 Å². The Morgan fingerprint density at radius 2 is 1.76 bits per heavy atom. The molecule has 1 aliphatic carbocycles. The molecule has 2 atom stereocenters. The fraction of sp³-hybridized carbons (Fsp3) is 0.400. The van der Waals surface area contributed by atoms with Crippen LogP contribution in [0.1, 0.15) is 23.5 Å². The molecule has 0 spiro atoms. The van der Waals surface area contributed by atoms with Gasteiger partial charge in [-0.3, -0.25) is 4.79 Å². The average Bonchev–Trinajstić information content (AvgIpc) is 3.18. The maximum atomic E-state index is 12.8. The first kappa shape index (κ1) is 24.1. The van der Waals surface area contributed by atoms with Gasteiger partial charge in [0.05, 0.1) is 0 Å². The van der Waals surface area contributed by atoms with Gasteiger partial charge in [-0.25, -0.2) is 9.59 Å². The molecule has 180 valence electrons. The van der Waals surface area contributed by atoms with E-state index in [1.807, 2.05) is 24.3 Å². The Hall–Kier alpha value is -3.04. The first-order valence-electron chi connectivity index (χ1n) is 11.2. The lowest BCUT2D eigenvalue weighted by molar-refractivity contribution is -0.154. The normalized spacial score (nSPS) is 18.0. The van der Waals surface area contributed by atoms with Crippen LogP contribution >= 0.6 is 11.8 Å². The van der Waals surface area contributed by atoms with Gasteiger partial charge in [0, 0.05) is 44.0 Å². The van der Waals surface area contributed by atoms with Crippen molar-refractivity contribution in [3.8, 4) is 11.1 Å². The van der Waals surface area contributed by atoms with Crippen molar-refractivity contribution in [2.75, 3.05) is 38.3 Å². The molecule has 2 aliphatic rings. The summed E-state index contributed by atoms with van der Waals surface area (Å²) in [5.41, 5.74) is 4.58. The molecule has 0 aromatic heterocycles. The highest BCUT2D eigenvalue weighted by molar-refractivity contribution is 7.99. The number of carbonyl (C=O) groups is 3. The van der Waals surface area contributed by atoms with Crippen molar-refractivity contribution >= 4 is 29.7 Å². The van der Waals surface area contributed by atoms with Crippen LogP contribution in [0, 0.1) is 0 Å². The molecule has 1 fully saturated rings. The summed E-state index contributed by atoms with van der Waals surface area (Å²) in [5, 5.41) is 12.1. The minimum Gasteiger partial charge on any atom is -0.480 e. The van der Waals surface area contributed by atoms with Gasteiger partial charge >= 0.3 is 12.1 Å². The summed E-state index contributed by atoms with van der Waals surface area (Å²) in [5.74, 6) is -0.382. The first-order valence-corrected chi connectivity index (χ1v) is 12.4. The van der Waals surface area contributed by atoms with Crippen molar-refractivity contribution in [2.24, 2.45) is 0 Å². The number of aliphatic carboxylic acids is 1. The zero-order chi connectivity index (χ0) is 24.1. The predicted octanol–water partition coefficient (Wildman–Crippen LogP) is 2.96. The SMILES string of the molecule is COC(CCNC(=O)OCC1c2ccccc2-c2ccccc21)C(=O)N1CCSCC1C(=O)O. The lowest BCUT2D eigenvalue weighted by Gasteiger charge is -2.34. The largest absolute Gasteiger partial charge is 0.480 e. The van der Waals surface area contributed by atoms with Gasteiger partial charge in [0.25, 0.3) is 5.91 Å². The molecule has 1 saturated heterocycles. The highest BCUT2D eigenvalue weighted by atomic mass is 32.2. The van der Waals surface area contributed by atoms with Crippen molar-refractivity contribution in [1.29, 1.82) is 0 Å². The minimum atomic E-state index is -1.02. The summed E-state index contributed by atoms with van der Waals surface area (Å²) in [6.45, 7) is 0.736. The third-order valence-corrected chi connectivity index (χ3v) is 7.30. The Bertz CT molecular complexity index is 1020. The lowest BCUT2D eigenvalue weighted by Crippen LogP contribution is -2.54. The molecule has 1 aliphatic heterocycles. The summed E-state index contributed by atoms with van der Waals surface area (Å²) in [6.07, 6.45) is -1.18. The predicted molar refractivity (Wildman–Crippen MR) is 129 cm³/mol. The molecular formula is C25H28N2O6S. The Balaban J connectivity index is 1.29. The van der Waals surface area contributed by atoms with Crippen LogP contribution in [0.5, 0.6) is 0 Å². The van der Waals surface area contributed by atoms with Gasteiger partial charge in [-0.1, -0.05) is 48.5 Å². The molecule has 2 unspecified atom stereocenters. The van der Waals surface area contributed by atoms with Crippen LogP contribution in [0.4, 0.5) is 4.79 Å². The van der Waals surface area contributed by atoms with Crippen molar-refractivity contribution < 1.29 is 29.0 Å². The number of rotatable bonds is 8. The van der Waals surface area contributed by atoms with E-state index >= 15 is 0 Å². The number of carboxylic acid groups (broad SMARTS) is 1. The Labute approximate surface area is 202 Å². The van der Waals surface area contributed by atoms with Crippen molar-refractivity contribution in [3.63, 3.8) is 0 Å². The van der Waals surface area contributed by atoms with E-state index in [1.54, 1.807) is 0 Å². The second-order valence-corrected chi connectivity index (χ2v) is 9.38. The van der Waals surface area contributed by atoms with E-state index in [0.717, 1.165) is 22.3 Å². The molecule has 9 heteroatoms. The van der Waals surface area contributed by atoms with Gasteiger partial charge < -0.3 is 24.8 Å². The quantitative estimate of drug-likeness (QED) is 0.594. The van der Waals surface area contributed by atoms with E-state index in [1.165, 1.54) is 23.8 Å². The van der Waals surface area contributed by atoms with Gasteiger partial charge in [-0.2, -0.15) is 11.8 Å². The fourth-order valence-corrected chi connectivity index (χ4v) is 5.59. The van der Waals surface area contributed by atoms with Crippen LogP contribution in [-0.4, -0.2) is 78.4 Å². The number of hydrogen-bond acceptors (Lipinski definition) is 6. The molecular weight excluding hydrogens is 456 g/mol. The minimum absolute atomic E-state index is 0.0311. The molecule has 0 radical (unpaired) electrons. The highest BCUT2D eigenvalue weighted by Crippen LogP contribution is 2.44. The Morgan fingerprint density at radius 3 is 2.38 bits per heavy atom. The molecule has 2 aromatic rings. The number of benzene rings is 2. The van der Waals surface area contributed by atoms with Crippen LogP contribution in [0.3, 0.4) is 0 Å². The number of carbonyl (C=O) groups excluding carboxylic acids is 2. The zero-order valence-electron chi connectivity index (χ0n) is 18.9. The van der Waals surface area contributed by atoms with Crippen molar-refractivity contribution in [1.82, 2.24) is 10.2 Å². The summed E-state index contributed by atoms with van der Waals surface area (Å²) >= 11 is 1.51. The second kappa shape index (κ2) is 10.9. The second-order valence-electron chi connectivity index (χ2n) is 8.23. The average molecular weight is 485 g/mol. The van der Waals surface area contributed by atoms with E-state index in [-0.39, 0.29) is 31.4 Å². The number of alkyl carbamates (subject to hydrolysis) is 1. The van der Waals surface area contributed by atoms with Gasteiger partial charge in [-0.15, -0.1) is 0 Å². The summed E-state index contributed by atoms with van der Waals surface area (Å²) in [4.78, 5) is 38.1. The molecule has 4 rings (SSSR count). The molecule has 2 aromatic carbocycles. The van der Waals surface area contributed by atoms with Gasteiger partial charge in [-0.05, 0) is 22.3 Å². The van der Waals surface area contributed by atoms with E-state index in [0.29, 0.717) is 18.1 Å². The Kier molecular flexibility index (Phi) is 7.74. The third kappa shape index (κ3) is 5.05. The molecule has 2 N–H and O–H groups in total. The standard InChI is InChI=1S/C25H28N2O6S/c1-32-22(23(28)27-12-13-34-15-21(27)24(29)30)10-11-26-25(31)33-14-20-18-8-4-2-6-16(18)17-7-3-5-9-19(17)20/h2-9,20-22H,10-15H2,1H3,(H,26,31)(H,29,30). The van der Waals surface area contributed by atoms with E-state index in [4.69, 9.17) is 9.47 Å². The maximum Gasteiger partial charge on any atom is 0.407 e. The van der Waals surface area contributed by atoms with Crippen LogP contribution < -0.4 is 5.32 Å². The lowest BCUT2D eigenvalue weighted by atomic mass is 9.98. The van der Waals surface area contributed by atoms with E-state index < -0.39 is 24.2 Å². The number of nitrogens with one attached hydrogen (secondary N) is 1.